The molecule has 1 atom stereocenters. The van der Waals surface area contributed by atoms with Gasteiger partial charge in [0.2, 0.25) is 5.13 Å². The Labute approximate surface area is 159 Å². The minimum Gasteiger partial charge on any atom is -0.384 e. The summed E-state index contributed by atoms with van der Waals surface area (Å²) < 4.78 is 22.6. The third-order valence-corrected chi connectivity index (χ3v) is 6.21. The fourth-order valence-electron chi connectivity index (χ4n) is 3.03. The molecule has 1 aliphatic rings. The molecule has 4 rings (SSSR count). The number of nitrogens with zero attached hydrogens (tertiary/aromatic N) is 3. The van der Waals surface area contributed by atoms with Crippen LogP contribution in [0.1, 0.15) is 35.3 Å². The van der Waals surface area contributed by atoms with E-state index in [0.29, 0.717) is 6.61 Å². The van der Waals surface area contributed by atoms with Gasteiger partial charge in [-0.2, -0.15) is 4.37 Å². The molecule has 1 aliphatic carbocycles. The van der Waals surface area contributed by atoms with Gasteiger partial charge in [0.1, 0.15) is 16.6 Å². The van der Waals surface area contributed by atoms with E-state index in [-0.39, 0.29) is 11.9 Å². The predicted octanol–water partition coefficient (Wildman–Crippen LogP) is 4.48. The van der Waals surface area contributed by atoms with E-state index in [2.05, 4.69) is 14.7 Å². The van der Waals surface area contributed by atoms with E-state index in [4.69, 9.17) is 9.72 Å². The Kier molecular flexibility index (Phi) is 5.23. The van der Waals surface area contributed by atoms with Crippen molar-refractivity contribution in [2.24, 2.45) is 0 Å². The first-order chi connectivity index (χ1) is 12.7. The normalized spacial score (nSPS) is 16.5. The molecule has 0 saturated heterocycles. The lowest BCUT2D eigenvalue weighted by Crippen LogP contribution is -2.16. The summed E-state index contributed by atoms with van der Waals surface area (Å²) in [6.07, 6.45) is 3.90. The zero-order valence-corrected chi connectivity index (χ0v) is 16.0. The highest BCUT2D eigenvalue weighted by atomic mass is 32.1. The van der Waals surface area contributed by atoms with Crippen molar-refractivity contribution in [2.45, 2.75) is 31.7 Å². The van der Waals surface area contributed by atoms with Crippen LogP contribution in [0.3, 0.4) is 0 Å². The monoisotopic (exact) mass is 390 g/mol. The summed E-state index contributed by atoms with van der Waals surface area (Å²) in [5, 5.41) is 5.27. The molecule has 1 unspecified atom stereocenters. The highest BCUT2D eigenvalue weighted by molar-refractivity contribution is 7.15. The maximum Gasteiger partial charge on any atom is 0.203 e. The number of hydrogen-bond donors (Lipinski definition) is 1. The molecule has 0 radical (unpaired) electrons. The van der Waals surface area contributed by atoms with Gasteiger partial charge in [0.25, 0.3) is 0 Å². The number of hydrogen-bond acceptors (Lipinski definition) is 7. The van der Waals surface area contributed by atoms with E-state index in [0.717, 1.165) is 52.9 Å². The van der Waals surface area contributed by atoms with Gasteiger partial charge in [-0.1, -0.05) is 0 Å². The molecule has 2 aromatic heterocycles. The minimum atomic E-state index is -0.227. The number of benzene rings is 1. The SMILES string of the molecule is COCCc1nsc(NC2CCCc3sc(-c4ccc(F)cc4)nc32)n1. The molecule has 26 heavy (non-hydrogen) atoms. The van der Waals surface area contributed by atoms with Crippen molar-refractivity contribution in [2.75, 3.05) is 19.0 Å². The van der Waals surface area contributed by atoms with Crippen LogP contribution < -0.4 is 5.32 Å². The number of nitrogens with one attached hydrogen (secondary N) is 1. The average molecular weight is 391 g/mol. The molecule has 0 fully saturated rings. The van der Waals surface area contributed by atoms with Crippen LogP contribution in [0.4, 0.5) is 9.52 Å². The molecule has 0 aliphatic heterocycles. The largest absolute Gasteiger partial charge is 0.384 e. The molecule has 0 spiro atoms. The third-order valence-electron chi connectivity index (χ3n) is 4.34. The van der Waals surface area contributed by atoms with Gasteiger partial charge in [-0.25, -0.2) is 14.4 Å². The average Bonchev–Trinajstić information content (AvgIpc) is 3.28. The second-order valence-electron chi connectivity index (χ2n) is 6.18. The van der Waals surface area contributed by atoms with Crippen LogP contribution in [-0.4, -0.2) is 28.1 Å². The number of rotatable bonds is 6. The highest BCUT2D eigenvalue weighted by Crippen LogP contribution is 2.38. The third kappa shape index (κ3) is 3.77. The van der Waals surface area contributed by atoms with Crippen LogP contribution in [0.2, 0.25) is 0 Å². The first-order valence-electron chi connectivity index (χ1n) is 8.56. The van der Waals surface area contributed by atoms with Crippen molar-refractivity contribution < 1.29 is 9.13 Å². The summed E-state index contributed by atoms with van der Waals surface area (Å²) in [5.74, 6) is 0.579. The quantitative estimate of drug-likeness (QED) is 0.672. The van der Waals surface area contributed by atoms with Crippen LogP contribution in [0.25, 0.3) is 10.6 Å². The summed E-state index contributed by atoms with van der Waals surface area (Å²) in [6.45, 7) is 0.622. The molecular weight excluding hydrogens is 371 g/mol. The molecule has 5 nitrogen and oxygen atoms in total. The number of fused-ring (bicyclic) bond motifs is 1. The number of aryl methyl sites for hydroxylation is 1. The molecule has 8 heteroatoms. The maximum atomic E-state index is 13.2. The van der Waals surface area contributed by atoms with Crippen molar-refractivity contribution in [1.82, 2.24) is 14.3 Å². The number of methoxy groups -OCH3 is 1. The summed E-state index contributed by atoms with van der Waals surface area (Å²) in [6, 6.07) is 6.68. The number of ether oxygens (including phenoxy) is 1. The zero-order valence-electron chi connectivity index (χ0n) is 14.4. The second-order valence-corrected chi connectivity index (χ2v) is 8.02. The zero-order chi connectivity index (χ0) is 17.9. The Morgan fingerprint density at radius 3 is 2.92 bits per heavy atom. The van der Waals surface area contributed by atoms with Crippen LogP contribution in [-0.2, 0) is 17.6 Å². The molecule has 0 amide bonds. The van der Waals surface area contributed by atoms with Crippen molar-refractivity contribution in [3.05, 3.63) is 46.5 Å². The highest BCUT2D eigenvalue weighted by Gasteiger charge is 2.26. The van der Waals surface area contributed by atoms with Gasteiger partial charge in [0, 0.05) is 35.5 Å². The topological polar surface area (TPSA) is 59.9 Å². The lowest BCUT2D eigenvalue weighted by Gasteiger charge is -2.21. The summed E-state index contributed by atoms with van der Waals surface area (Å²) in [5.41, 5.74) is 2.05. The maximum absolute atomic E-state index is 13.2. The molecule has 0 bridgehead atoms. The fourth-order valence-corrected chi connectivity index (χ4v) is 4.87. The number of anilines is 1. The van der Waals surface area contributed by atoms with Gasteiger partial charge >= 0.3 is 0 Å². The van der Waals surface area contributed by atoms with Gasteiger partial charge in [0.15, 0.2) is 0 Å². The Bertz CT molecular complexity index is 878. The van der Waals surface area contributed by atoms with Gasteiger partial charge in [-0.3, -0.25) is 0 Å². The summed E-state index contributed by atoms with van der Waals surface area (Å²) >= 11 is 3.08. The van der Waals surface area contributed by atoms with E-state index in [1.165, 1.54) is 28.5 Å². The van der Waals surface area contributed by atoms with E-state index in [1.807, 2.05) is 0 Å². The lowest BCUT2D eigenvalue weighted by molar-refractivity contribution is 0.201. The molecule has 0 saturated carbocycles. The lowest BCUT2D eigenvalue weighted by atomic mass is 9.98. The van der Waals surface area contributed by atoms with Gasteiger partial charge in [-0.05, 0) is 43.5 Å². The molecule has 1 N–H and O–H groups in total. The summed E-state index contributed by atoms with van der Waals surface area (Å²) in [4.78, 5) is 10.7. The Hall–Kier alpha value is -1.90. The molecule has 2 heterocycles. The second kappa shape index (κ2) is 7.77. The van der Waals surface area contributed by atoms with E-state index in [1.54, 1.807) is 30.6 Å². The van der Waals surface area contributed by atoms with E-state index < -0.39 is 0 Å². The molecule has 3 aromatic rings. The van der Waals surface area contributed by atoms with Crippen LogP contribution in [0.15, 0.2) is 24.3 Å². The van der Waals surface area contributed by atoms with Crippen LogP contribution in [0, 0.1) is 5.82 Å². The first kappa shape index (κ1) is 17.5. The van der Waals surface area contributed by atoms with Crippen LogP contribution in [0.5, 0.6) is 0 Å². The van der Waals surface area contributed by atoms with E-state index in [9.17, 15) is 4.39 Å². The van der Waals surface area contributed by atoms with Crippen molar-refractivity contribution in [3.8, 4) is 10.6 Å². The van der Waals surface area contributed by atoms with Crippen molar-refractivity contribution >= 4 is 28.0 Å². The van der Waals surface area contributed by atoms with Gasteiger partial charge in [0.05, 0.1) is 18.3 Å². The summed E-state index contributed by atoms with van der Waals surface area (Å²) in [7, 11) is 1.68. The minimum absolute atomic E-state index is 0.146. The fraction of sp³-hybridized carbons (Fsp3) is 0.389. The molecule has 136 valence electrons. The van der Waals surface area contributed by atoms with Crippen LogP contribution >= 0.6 is 22.9 Å². The first-order valence-corrected chi connectivity index (χ1v) is 10.2. The number of thiazole rings is 1. The molecule has 1 aromatic carbocycles. The molecular formula is C18H19FN4OS2. The Morgan fingerprint density at radius 2 is 2.12 bits per heavy atom. The van der Waals surface area contributed by atoms with Gasteiger partial charge < -0.3 is 10.1 Å². The van der Waals surface area contributed by atoms with Gasteiger partial charge in [-0.15, -0.1) is 11.3 Å². The Balaban J connectivity index is 1.53. The number of halogens is 1. The predicted molar refractivity (Wildman–Crippen MR) is 102 cm³/mol. The standard InChI is InChI=1S/C18H19FN4OS2/c1-24-10-9-15-21-18(26-23-15)20-13-3-2-4-14-16(13)22-17(25-14)11-5-7-12(19)8-6-11/h5-8,13H,2-4,9-10H2,1H3,(H,20,21,23). The number of aromatic nitrogens is 3. The van der Waals surface area contributed by atoms with E-state index >= 15 is 0 Å². The van der Waals surface area contributed by atoms with Crippen molar-refractivity contribution in [1.29, 1.82) is 0 Å². The smallest absolute Gasteiger partial charge is 0.203 e. The Morgan fingerprint density at radius 1 is 1.27 bits per heavy atom. The van der Waals surface area contributed by atoms with Crippen molar-refractivity contribution in [3.63, 3.8) is 0 Å².